The molecule has 2 fully saturated rings. The van der Waals surface area contributed by atoms with Crippen LogP contribution in [0.15, 0.2) is 18.2 Å². The van der Waals surface area contributed by atoms with Crippen LogP contribution in [0.1, 0.15) is 36.8 Å². The van der Waals surface area contributed by atoms with Crippen LogP contribution in [0, 0.1) is 19.8 Å². The van der Waals surface area contributed by atoms with Crippen molar-refractivity contribution in [3.8, 4) is 0 Å². The van der Waals surface area contributed by atoms with Gasteiger partial charge in [-0.25, -0.2) is 4.79 Å². The standard InChI is InChI=1S/C17H24N2O2/c1-11-7-12(2)9-14(8-11)18-17(21)19-6-5-15(20)10-16(19)13-3-4-13/h7-9,13,15-16,20H,3-6,10H2,1-2H3,(H,18,21)/t15-,16-/m1/s1. The molecule has 114 valence electrons. The van der Waals surface area contributed by atoms with Gasteiger partial charge in [0.25, 0.3) is 0 Å². The minimum Gasteiger partial charge on any atom is -0.393 e. The number of carbonyl (C=O) groups is 1. The lowest BCUT2D eigenvalue weighted by Gasteiger charge is -2.38. The molecule has 3 rings (SSSR count). The number of urea groups is 1. The molecule has 0 bridgehead atoms. The highest BCUT2D eigenvalue weighted by Gasteiger charge is 2.40. The highest BCUT2D eigenvalue weighted by atomic mass is 16.3. The fourth-order valence-corrected chi connectivity index (χ4v) is 3.40. The van der Waals surface area contributed by atoms with Crippen LogP contribution in [0.3, 0.4) is 0 Å². The molecule has 1 saturated carbocycles. The van der Waals surface area contributed by atoms with Gasteiger partial charge in [-0.05, 0) is 68.7 Å². The van der Waals surface area contributed by atoms with Crippen LogP contribution in [0.2, 0.25) is 0 Å². The summed E-state index contributed by atoms with van der Waals surface area (Å²) < 4.78 is 0. The lowest BCUT2D eigenvalue weighted by Crippen LogP contribution is -2.50. The van der Waals surface area contributed by atoms with Gasteiger partial charge >= 0.3 is 6.03 Å². The number of benzene rings is 1. The highest BCUT2D eigenvalue weighted by Crippen LogP contribution is 2.39. The van der Waals surface area contributed by atoms with Crippen LogP contribution < -0.4 is 5.32 Å². The molecule has 2 aliphatic rings. The molecule has 1 aliphatic carbocycles. The molecule has 1 heterocycles. The topological polar surface area (TPSA) is 52.6 Å². The van der Waals surface area contributed by atoms with Gasteiger partial charge in [0.2, 0.25) is 0 Å². The Morgan fingerprint density at radius 1 is 1.19 bits per heavy atom. The van der Waals surface area contributed by atoms with Crippen LogP contribution in [0.5, 0.6) is 0 Å². The first kappa shape index (κ1) is 14.4. The predicted octanol–water partition coefficient (Wildman–Crippen LogP) is 3.07. The maximum Gasteiger partial charge on any atom is 0.322 e. The average molecular weight is 288 g/mol. The van der Waals surface area contributed by atoms with Crippen LogP contribution >= 0.6 is 0 Å². The van der Waals surface area contributed by atoms with Gasteiger partial charge in [0.05, 0.1) is 6.10 Å². The number of anilines is 1. The number of hydrogen-bond donors (Lipinski definition) is 2. The number of likely N-dealkylation sites (tertiary alicyclic amines) is 1. The minimum atomic E-state index is -0.249. The molecule has 4 nitrogen and oxygen atoms in total. The Morgan fingerprint density at radius 2 is 1.86 bits per heavy atom. The van der Waals surface area contributed by atoms with Crippen molar-refractivity contribution in [3.05, 3.63) is 29.3 Å². The lowest BCUT2D eigenvalue weighted by atomic mass is 9.96. The number of aryl methyl sites for hydroxylation is 2. The van der Waals surface area contributed by atoms with Gasteiger partial charge in [0.15, 0.2) is 0 Å². The Labute approximate surface area is 126 Å². The van der Waals surface area contributed by atoms with E-state index in [-0.39, 0.29) is 18.2 Å². The number of piperidine rings is 1. The van der Waals surface area contributed by atoms with Crippen LogP contribution in [-0.4, -0.2) is 34.7 Å². The van der Waals surface area contributed by atoms with Crippen molar-refractivity contribution in [2.75, 3.05) is 11.9 Å². The van der Waals surface area contributed by atoms with E-state index >= 15 is 0 Å². The first-order valence-corrected chi connectivity index (χ1v) is 7.87. The van der Waals surface area contributed by atoms with E-state index in [9.17, 15) is 9.90 Å². The van der Waals surface area contributed by atoms with Crippen molar-refractivity contribution in [2.45, 2.75) is 51.7 Å². The first-order chi connectivity index (χ1) is 10.0. The largest absolute Gasteiger partial charge is 0.393 e. The molecule has 0 radical (unpaired) electrons. The molecular formula is C17H24N2O2. The van der Waals surface area contributed by atoms with Gasteiger partial charge in [-0.3, -0.25) is 0 Å². The zero-order valence-corrected chi connectivity index (χ0v) is 12.8. The summed E-state index contributed by atoms with van der Waals surface area (Å²) in [6.07, 6.45) is 3.53. The highest BCUT2D eigenvalue weighted by molar-refractivity contribution is 5.89. The van der Waals surface area contributed by atoms with Crippen LogP contribution in [0.4, 0.5) is 10.5 Å². The Morgan fingerprint density at radius 3 is 2.48 bits per heavy atom. The quantitative estimate of drug-likeness (QED) is 0.878. The number of amides is 2. The zero-order chi connectivity index (χ0) is 15.0. The van der Waals surface area contributed by atoms with E-state index in [2.05, 4.69) is 11.4 Å². The summed E-state index contributed by atoms with van der Waals surface area (Å²) in [4.78, 5) is 14.5. The Kier molecular flexibility index (Phi) is 3.89. The summed E-state index contributed by atoms with van der Waals surface area (Å²) >= 11 is 0. The van der Waals surface area contributed by atoms with Crippen molar-refractivity contribution in [1.82, 2.24) is 4.90 Å². The Bertz CT molecular complexity index is 519. The maximum atomic E-state index is 12.6. The smallest absolute Gasteiger partial charge is 0.322 e. The van der Waals surface area contributed by atoms with E-state index < -0.39 is 0 Å². The van der Waals surface area contributed by atoms with Gasteiger partial charge in [0, 0.05) is 18.3 Å². The van der Waals surface area contributed by atoms with Gasteiger partial charge in [0.1, 0.15) is 0 Å². The summed E-state index contributed by atoms with van der Waals surface area (Å²) in [5.41, 5.74) is 3.16. The Balaban J connectivity index is 1.71. The molecule has 2 amide bonds. The van der Waals surface area contributed by atoms with Gasteiger partial charge in [-0.2, -0.15) is 0 Å². The third-order valence-corrected chi connectivity index (χ3v) is 4.52. The lowest BCUT2D eigenvalue weighted by molar-refractivity contribution is 0.0550. The van der Waals surface area contributed by atoms with Crippen molar-refractivity contribution in [3.63, 3.8) is 0 Å². The normalized spacial score (nSPS) is 25.8. The summed E-state index contributed by atoms with van der Waals surface area (Å²) in [6, 6.07) is 6.27. The second-order valence-electron chi connectivity index (χ2n) is 6.58. The maximum absolute atomic E-state index is 12.6. The predicted molar refractivity (Wildman–Crippen MR) is 83.4 cm³/mol. The van der Waals surface area contributed by atoms with E-state index in [0.717, 1.165) is 23.2 Å². The number of hydrogen-bond acceptors (Lipinski definition) is 2. The number of nitrogens with zero attached hydrogens (tertiary/aromatic N) is 1. The van der Waals surface area contributed by atoms with Crippen LogP contribution in [-0.2, 0) is 0 Å². The molecule has 2 atom stereocenters. The van der Waals surface area contributed by atoms with E-state index in [1.54, 1.807) is 0 Å². The molecule has 4 heteroatoms. The van der Waals surface area contributed by atoms with E-state index in [1.165, 1.54) is 12.8 Å². The van der Waals surface area contributed by atoms with Gasteiger partial charge in [-0.1, -0.05) is 6.07 Å². The molecule has 1 saturated heterocycles. The summed E-state index contributed by atoms with van der Waals surface area (Å²) in [7, 11) is 0. The molecular weight excluding hydrogens is 264 g/mol. The SMILES string of the molecule is Cc1cc(C)cc(NC(=O)N2CC[C@@H](O)C[C@@H]2C2CC2)c1. The average Bonchev–Trinajstić information content (AvgIpc) is 3.21. The third kappa shape index (κ3) is 3.38. The summed E-state index contributed by atoms with van der Waals surface area (Å²) in [6.45, 7) is 4.72. The Hall–Kier alpha value is -1.55. The van der Waals surface area contributed by atoms with Crippen molar-refractivity contribution >= 4 is 11.7 Å². The molecule has 1 aromatic carbocycles. The van der Waals surface area contributed by atoms with Gasteiger partial charge < -0.3 is 15.3 Å². The molecule has 0 spiro atoms. The molecule has 1 aliphatic heterocycles. The molecule has 0 unspecified atom stereocenters. The first-order valence-electron chi connectivity index (χ1n) is 7.87. The second-order valence-corrected chi connectivity index (χ2v) is 6.58. The number of aliphatic hydroxyl groups excluding tert-OH is 1. The molecule has 0 aromatic heterocycles. The monoisotopic (exact) mass is 288 g/mol. The van der Waals surface area contributed by atoms with Crippen molar-refractivity contribution in [2.24, 2.45) is 5.92 Å². The number of aliphatic hydroxyl groups is 1. The minimum absolute atomic E-state index is 0.0243. The van der Waals surface area contributed by atoms with E-state index in [4.69, 9.17) is 0 Å². The van der Waals surface area contributed by atoms with Gasteiger partial charge in [-0.15, -0.1) is 0 Å². The summed E-state index contributed by atoms with van der Waals surface area (Å²) in [5.74, 6) is 0.588. The zero-order valence-electron chi connectivity index (χ0n) is 12.8. The molecule has 21 heavy (non-hydrogen) atoms. The van der Waals surface area contributed by atoms with E-state index in [1.807, 2.05) is 30.9 Å². The van der Waals surface area contributed by atoms with Crippen molar-refractivity contribution in [1.29, 1.82) is 0 Å². The number of rotatable bonds is 2. The van der Waals surface area contributed by atoms with E-state index in [0.29, 0.717) is 18.9 Å². The van der Waals surface area contributed by atoms with Crippen molar-refractivity contribution < 1.29 is 9.90 Å². The third-order valence-electron chi connectivity index (χ3n) is 4.52. The van der Waals surface area contributed by atoms with Crippen LogP contribution in [0.25, 0.3) is 0 Å². The summed E-state index contributed by atoms with van der Waals surface area (Å²) in [5, 5.41) is 12.9. The molecule has 2 N–H and O–H groups in total. The fourth-order valence-electron chi connectivity index (χ4n) is 3.40. The number of carbonyl (C=O) groups excluding carboxylic acids is 1. The fraction of sp³-hybridized carbons (Fsp3) is 0.588. The number of nitrogens with one attached hydrogen (secondary N) is 1. The molecule has 1 aromatic rings. The second kappa shape index (κ2) is 5.68.